The fourth-order valence-corrected chi connectivity index (χ4v) is 2.27. The van der Waals surface area contributed by atoms with Crippen LogP contribution in [0, 0.1) is 5.41 Å². The average Bonchev–Trinajstić information content (AvgIpc) is 1.93. The Hall–Kier alpha value is -1.06. The Balaban J connectivity index is 2.51. The lowest BCUT2D eigenvalue weighted by Crippen LogP contribution is -2.45. The number of Topliss-reactive ketones (excluding diaryl/α,β-unsaturated/α-hetero) is 1. The van der Waals surface area contributed by atoms with Gasteiger partial charge in [-0.1, -0.05) is 13.8 Å². The summed E-state index contributed by atoms with van der Waals surface area (Å²) >= 11 is 0. The van der Waals surface area contributed by atoms with Crippen molar-refractivity contribution in [1.82, 2.24) is 5.32 Å². The molecule has 0 heterocycles. The van der Waals surface area contributed by atoms with Gasteiger partial charge in [-0.25, -0.2) is 4.79 Å². The maximum atomic E-state index is 11.6. The number of alkyl carbamates (subject to hydrolysis) is 1. The zero-order valence-electron chi connectivity index (χ0n) is 11.4. The summed E-state index contributed by atoms with van der Waals surface area (Å²) in [6, 6.07) is -0.0962. The predicted molar refractivity (Wildman–Crippen MR) is 65.8 cm³/mol. The smallest absolute Gasteiger partial charge is 0.407 e. The number of amides is 1. The standard InChI is InChI=1S/C13H23NO3/c1-12(2,3)17-11(16)14-9-6-10(15)8-13(4,5)7-9/h9H,6-8H2,1-5H3,(H,14,16). The lowest BCUT2D eigenvalue weighted by Gasteiger charge is -2.34. The van der Waals surface area contributed by atoms with E-state index in [9.17, 15) is 9.59 Å². The lowest BCUT2D eigenvalue weighted by molar-refractivity contribution is -0.123. The third kappa shape index (κ3) is 5.20. The van der Waals surface area contributed by atoms with Crippen LogP contribution >= 0.6 is 0 Å². The molecule has 1 saturated carbocycles. The molecular formula is C13H23NO3. The predicted octanol–water partition coefficient (Wildman–Crippen LogP) is 2.66. The second kappa shape index (κ2) is 4.67. The van der Waals surface area contributed by atoms with Crippen molar-refractivity contribution < 1.29 is 14.3 Å². The first-order valence-corrected chi connectivity index (χ1v) is 6.09. The Morgan fingerprint density at radius 1 is 1.41 bits per heavy atom. The first kappa shape index (κ1) is 14.0. The van der Waals surface area contributed by atoms with Crippen molar-refractivity contribution >= 4 is 11.9 Å². The maximum Gasteiger partial charge on any atom is 0.407 e. The van der Waals surface area contributed by atoms with Gasteiger partial charge in [0.15, 0.2) is 0 Å². The van der Waals surface area contributed by atoms with Crippen LogP contribution in [0.1, 0.15) is 53.9 Å². The highest BCUT2D eigenvalue weighted by molar-refractivity contribution is 5.81. The Kier molecular flexibility index (Phi) is 3.84. The highest BCUT2D eigenvalue weighted by Gasteiger charge is 2.34. The van der Waals surface area contributed by atoms with E-state index in [1.165, 1.54) is 0 Å². The summed E-state index contributed by atoms with van der Waals surface area (Å²) in [5, 5.41) is 2.78. The lowest BCUT2D eigenvalue weighted by atomic mass is 9.74. The number of ether oxygens (including phenoxy) is 1. The first-order valence-electron chi connectivity index (χ1n) is 6.09. The van der Waals surface area contributed by atoms with Gasteiger partial charge in [0.25, 0.3) is 0 Å². The highest BCUT2D eigenvalue weighted by atomic mass is 16.6. The van der Waals surface area contributed by atoms with E-state index in [1.54, 1.807) is 0 Å². The summed E-state index contributed by atoms with van der Waals surface area (Å²) in [5.74, 6) is 0.210. The van der Waals surface area contributed by atoms with E-state index in [1.807, 2.05) is 34.6 Å². The molecule has 0 aromatic heterocycles. The summed E-state index contributed by atoms with van der Waals surface area (Å²) in [4.78, 5) is 23.2. The fraction of sp³-hybridized carbons (Fsp3) is 0.846. The summed E-state index contributed by atoms with van der Waals surface area (Å²) in [6.07, 6.45) is 1.40. The third-order valence-corrected chi connectivity index (χ3v) is 2.67. The Labute approximate surface area is 103 Å². The molecule has 1 aliphatic carbocycles. The van der Waals surface area contributed by atoms with E-state index in [4.69, 9.17) is 4.74 Å². The van der Waals surface area contributed by atoms with Gasteiger partial charge in [0.1, 0.15) is 11.4 Å². The quantitative estimate of drug-likeness (QED) is 0.768. The van der Waals surface area contributed by atoms with Crippen molar-refractivity contribution in [3.8, 4) is 0 Å². The monoisotopic (exact) mass is 241 g/mol. The molecule has 4 nitrogen and oxygen atoms in total. The van der Waals surface area contributed by atoms with Crippen LogP contribution in [-0.4, -0.2) is 23.5 Å². The number of ketones is 1. The first-order chi connectivity index (χ1) is 7.57. The summed E-state index contributed by atoms with van der Waals surface area (Å²) in [6.45, 7) is 9.56. The minimum atomic E-state index is -0.502. The topological polar surface area (TPSA) is 55.4 Å². The van der Waals surface area contributed by atoms with Gasteiger partial charge in [-0.15, -0.1) is 0 Å². The van der Waals surface area contributed by atoms with Gasteiger partial charge in [0.05, 0.1) is 0 Å². The minimum Gasteiger partial charge on any atom is -0.444 e. The molecule has 1 fully saturated rings. The van der Waals surface area contributed by atoms with E-state index in [2.05, 4.69) is 5.32 Å². The molecule has 98 valence electrons. The van der Waals surface area contributed by atoms with Crippen LogP contribution in [0.25, 0.3) is 0 Å². The second-order valence-electron chi connectivity index (χ2n) is 6.63. The van der Waals surface area contributed by atoms with Crippen LogP contribution in [0.15, 0.2) is 0 Å². The van der Waals surface area contributed by atoms with Crippen molar-refractivity contribution in [3.05, 3.63) is 0 Å². The van der Waals surface area contributed by atoms with E-state index in [-0.39, 0.29) is 17.2 Å². The summed E-state index contributed by atoms with van der Waals surface area (Å²) in [7, 11) is 0. The Bertz CT molecular complexity index is 315. The zero-order valence-corrected chi connectivity index (χ0v) is 11.4. The largest absolute Gasteiger partial charge is 0.444 e. The van der Waals surface area contributed by atoms with Crippen LogP contribution in [-0.2, 0) is 9.53 Å². The maximum absolute atomic E-state index is 11.6. The van der Waals surface area contributed by atoms with Gasteiger partial charge in [0.2, 0.25) is 0 Å². The van der Waals surface area contributed by atoms with Crippen molar-refractivity contribution in [3.63, 3.8) is 0 Å². The molecule has 0 radical (unpaired) electrons. The molecule has 1 amide bonds. The number of nitrogens with one attached hydrogen (secondary N) is 1. The number of hydrogen-bond donors (Lipinski definition) is 1. The van der Waals surface area contributed by atoms with Crippen molar-refractivity contribution in [2.75, 3.05) is 0 Å². The average molecular weight is 241 g/mol. The normalized spacial score (nSPS) is 24.3. The third-order valence-electron chi connectivity index (χ3n) is 2.67. The molecule has 0 bridgehead atoms. The molecule has 1 aliphatic rings. The number of carbonyl (C=O) groups is 2. The molecule has 1 atom stereocenters. The van der Waals surface area contributed by atoms with Crippen molar-refractivity contribution in [2.45, 2.75) is 65.5 Å². The summed E-state index contributed by atoms with van der Waals surface area (Å²) in [5.41, 5.74) is -0.534. The second-order valence-corrected chi connectivity index (χ2v) is 6.63. The van der Waals surface area contributed by atoms with Gasteiger partial charge in [-0.3, -0.25) is 4.79 Å². The molecule has 1 N–H and O–H groups in total. The van der Waals surface area contributed by atoms with Crippen LogP contribution < -0.4 is 5.32 Å². The molecule has 4 heteroatoms. The minimum absolute atomic E-state index is 0.0327. The van der Waals surface area contributed by atoms with Crippen molar-refractivity contribution in [2.24, 2.45) is 5.41 Å². The van der Waals surface area contributed by atoms with Crippen LogP contribution in [0.4, 0.5) is 4.79 Å². The Morgan fingerprint density at radius 2 is 2.00 bits per heavy atom. The van der Waals surface area contributed by atoms with Crippen molar-refractivity contribution in [1.29, 1.82) is 0 Å². The van der Waals surface area contributed by atoms with Crippen LogP contribution in [0.2, 0.25) is 0 Å². The molecule has 0 spiro atoms. The fourth-order valence-electron chi connectivity index (χ4n) is 2.27. The van der Waals surface area contributed by atoms with Gasteiger partial charge in [-0.2, -0.15) is 0 Å². The van der Waals surface area contributed by atoms with Crippen LogP contribution in [0.5, 0.6) is 0 Å². The molecule has 0 aromatic rings. The van der Waals surface area contributed by atoms with E-state index >= 15 is 0 Å². The van der Waals surface area contributed by atoms with Crippen LogP contribution in [0.3, 0.4) is 0 Å². The van der Waals surface area contributed by atoms with E-state index in [0.29, 0.717) is 12.8 Å². The van der Waals surface area contributed by atoms with Gasteiger partial charge in [0, 0.05) is 18.9 Å². The Morgan fingerprint density at radius 3 is 2.47 bits per heavy atom. The molecule has 0 aliphatic heterocycles. The zero-order chi connectivity index (χ0) is 13.3. The van der Waals surface area contributed by atoms with Gasteiger partial charge >= 0.3 is 6.09 Å². The number of carbonyl (C=O) groups excluding carboxylic acids is 2. The van der Waals surface area contributed by atoms with E-state index < -0.39 is 11.7 Å². The molecule has 0 saturated heterocycles. The van der Waals surface area contributed by atoms with Gasteiger partial charge < -0.3 is 10.1 Å². The van der Waals surface area contributed by atoms with E-state index in [0.717, 1.165) is 6.42 Å². The SMILES string of the molecule is CC1(C)CC(=O)CC(NC(=O)OC(C)(C)C)C1. The highest BCUT2D eigenvalue weighted by Crippen LogP contribution is 2.33. The molecule has 1 rings (SSSR count). The number of rotatable bonds is 1. The van der Waals surface area contributed by atoms with Gasteiger partial charge in [-0.05, 0) is 32.6 Å². The molecule has 1 unspecified atom stereocenters. The molecular weight excluding hydrogens is 218 g/mol. The molecule has 17 heavy (non-hydrogen) atoms. The summed E-state index contributed by atoms with van der Waals surface area (Å²) < 4.78 is 5.18. The number of hydrogen-bond acceptors (Lipinski definition) is 3. The molecule has 0 aromatic carbocycles.